The lowest BCUT2D eigenvalue weighted by molar-refractivity contribution is 0.397. The molecule has 3 aromatic carbocycles. The lowest BCUT2D eigenvalue weighted by Gasteiger charge is -2.10. The predicted molar refractivity (Wildman–Crippen MR) is 115 cm³/mol. The minimum absolute atomic E-state index is 0.166. The third kappa shape index (κ3) is 3.27. The first-order valence-corrected chi connectivity index (χ1v) is 10.7. The Balaban J connectivity index is 2.06. The van der Waals surface area contributed by atoms with Gasteiger partial charge in [0.2, 0.25) is 9.84 Å². The fraction of sp³-hybridized carbons (Fsp3) is 0.130. The smallest absolute Gasteiger partial charge is 0.208 e. The first kappa shape index (κ1) is 19.8. The Labute approximate surface area is 175 Å². The Morgan fingerprint density at radius 2 is 1.43 bits per heavy atom. The number of methoxy groups -OCH3 is 3. The maximum Gasteiger partial charge on any atom is 0.208 e. The Hall–Kier alpha value is -3.45. The summed E-state index contributed by atoms with van der Waals surface area (Å²) in [6.45, 7) is 0. The molecule has 0 aliphatic rings. The Kier molecular flexibility index (Phi) is 5.13. The van der Waals surface area contributed by atoms with Gasteiger partial charge in [-0.3, -0.25) is 0 Å². The van der Waals surface area contributed by atoms with E-state index in [9.17, 15) is 8.42 Å². The van der Waals surface area contributed by atoms with Crippen LogP contribution in [0.2, 0.25) is 0 Å². The van der Waals surface area contributed by atoms with Crippen molar-refractivity contribution >= 4 is 20.7 Å². The van der Waals surface area contributed by atoms with Crippen molar-refractivity contribution in [3.05, 3.63) is 72.9 Å². The lowest BCUT2D eigenvalue weighted by Crippen LogP contribution is -2.01. The van der Waals surface area contributed by atoms with Gasteiger partial charge in [0, 0.05) is 24.0 Å². The van der Waals surface area contributed by atoms with Gasteiger partial charge in [0.15, 0.2) is 0 Å². The number of hydrogen-bond acceptors (Lipinski definition) is 5. The van der Waals surface area contributed by atoms with Crippen molar-refractivity contribution in [1.82, 2.24) is 4.57 Å². The van der Waals surface area contributed by atoms with Crippen molar-refractivity contribution in [2.75, 3.05) is 21.3 Å². The minimum Gasteiger partial charge on any atom is -0.497 e. The number of benzene rings is 3. The number of nitrogens with zero attached hydrogens (tertiary/aromatic N) is 1. The molecule has 0 aliphatic carbocycles. The Morgan fingerprint density at radius 3 is 2.03 bits per heavy atom. The summed E-state index contributed by atoms with van der Waals surface area (Å²) in [7, 11) is 0.884. The van der Waals surface area contributed by atoms with Gasteiger partial charge in [-0.25, -0.2) is 8.42 Å². The summed E-state index contributed by atoms with van der Waals surface area (Å²) in [4.78, 5) is 0.385. The largest absolute Gasteiger partial charge is 0.497 e. The van der Waals surface area contributed by atoms with E-state index in [1.165, 1.54) is 7.11 Å². The topological polar surface area (TPSA) is 66.8 Å². The van der Waals surface area contributed by atoms with Gasteiger partial charge in [-0.1, -0.05) is 18.2 Å². The summed E-state index contributed by atoms with van der Waals surface area (Å²) in [6.07, 6.45) is 1.62. The van der Waals surface area contributed by atoms with Crippen LogP contribution in [0.25, 0.3) is 16.6 Å². The van der Waals surface area contributed by atoms with Crippen LogP contribution in [0.15, 0.2) is 82.7 Å². The van der Waals surface area contributed by atoms with Crippen molar-refractivity contribution in [3.63, 3.8) is 0 Å². The van der Waals surface area contributed by atoms with Gasteiger partial charge in [0.25, 0.3) is 0 Å². The molecular weight excluding hydrogens is 402 g/mol. The summed E-state index contributed by atoms with van der Waals surface area (Å²) >= 11 is 0. The molecule has 6 nitrogen and oxygen atoms in total. The van der Waals surface area contributed by atoms with Gasteiger partial charge >= 0.3 is 0 Å². The van der Waals surface area contributed by atoms with Crippen LogP contribution >= 0.6 is 0 Å². The zero-order chi connectivity index (χ0) is 21.3. The van der Waals surface area contributed by atoms with Crippen LogP contribution in [0, 0.1) is 0 Å². The molecule has 0 saturated carbocycles. The molecule has 0 N–H and O–H groups in total. The van der Waals surface area contributed by atoms with Crippen LogP contribution < -0.4 is 14.2 Å². The van der Waals surface area contributed by atoms with Crippen LogP contribution in [0.5, 0.6) is 17.2 Å². The molecule has 0 unspecified atom stereocenters. The maximum atomic E-state index is 13.5. The zero-order valence-corrected chi connectivity index (χ0v) is 17.6. The quantitative estimate of drug-likeness (QED) is 0.457. The number of aromatic nitrogens is 1. The molecule has 1 aromatic heterocycles. The third-order valence-corrected chi connectivity index (χ3v) is 6.74. The summed E-state index contributed by atoms with van der Waals surface area (Å²) in [5.41, 5.74) is 1.44. The van der Waals surface area contributed by atoms with Gasteiger partial charge in [-0.05, 0) is 36.4 Å². The van der Waals surface area contributed by atoms with Gasteiger partial charge in [-0.15, -0.1) is 0 Å². The van der Waals surface area contributed by atoms with E-state index in [1.54, 1.807) is 62.9 Å². The second kappa shape index (κ2) is 7.76. The summed E-state index contributed by atoms with van der Waals surface area (Å²) in [5, 5.41) is 0.498. The van der Waals surface area contributed by atoms with Crippen LogP contribution in [-0.2, 0) is 9.84 Å². The second-order valence-electron chi connectivity index (χ2n) is 6.60. The number of fused-ring (bicyclic) bond motifs is 1. The van der Waals surface area contributed by atoms with E-state index in [4.69, 9.17) is 14.2 Å². The van der Waals surface area contributed by atoms with Crippen LogP contribution in [-0.4, -0.2) is 34.3 Å². The highest BCUT2D eigenvalue weighted by Crippen LogP contribution is 2.40. The summed E-state index contributed by atoms with van der Waals surface area (Å²) in [6, 6.07) is 19.2. The molecule has 1 heterocycles. The van der Waals surface area contributed by atoms with Gasteiger partial charge in [0.1, 0.15) is 22.1 Å². The summed E-state index contributed by atoms with van der Waals surface area (Å²) < 4.78 is 45.0. The monoisotopic (exact) mass is 423 g/mol. The highest BCUT2D eigenvalue weighted by Gasteiger charge is 2.27. The van der Waals surface area contributed by atoms with Crippen molar-refractivity contribution in [3.8, 4) is 22.9 Å². The van der Waals surface area contributed by atoms with E-state index in [-0.39, 0.29) is 9.79 Å². The second-order valence-corrected chi connectivity index (χ2v) is 8.52. The third-order valence-electron chi connectivity index (χ3n) is 4.96. The number of sulfone groups is 1. The summed E-state index contributed by atoms with van der Waals surface area (Å²) in [5.74, 6) is 1.70. The van der Waals surface area contributed by atoms with Gasteiger partial charge in [-0.2, -0.15) is 0 Å². The maximum absolute atomic E-state index is 13.5. The molecule has 0 aliphatic heterocycles. The molecule has 4 aromatic rings. The average molecular weight is 423 g/mol. The molecule has 7 heteroatoms. The molecule has 154 valence electrons. The van der Waals surface area contributed by atoms with Crippen LogP contribution in [0.4, 0.5) is 0 Å². The molecule has 0 atom stereocenters. The minimum atomic E-state index is -3.78. The van der Waals surface area contributed by atoms with Gasteiger partial charge < -0.3 is 18.8 Å². The first-order valence-electron chi connectivity index (χ1n) is 9.21. The fourth-order valence-electron chi connectivity index (χ4n) is 3.43. The Morgan fingerprint density at radius 1 is 0.767 bits per heavy atom. The molecule has 30 heavy (non-hydrogen) atoms. The SMILES string of the molecule is COc1ccc(-n2cc(S(=O)(=O)c3ccccc3)c3c(OC)cc(OC)cc32)cc1. The Bertz CT molecular complexity index is 1290. The molecule has 0 saturated heterocycles. The normalized spacial score (nSPS) is 11.4. The van der Waals surface area contributed by atoms with E-state index >= 15 is 0 Å². The highest BCUT2D eigenvalue weighted by molar-refractivity contribution is 7.91. The van der Waals surface area contributed by atoms with E-state index in [0.29, 0.717) is 28.2 Å². The lowest BCUT2D eigenvalue weighted by atomic mass is 10.2. The van der Waals surface area contributed by atoms with Crippen molar-refractivity contribution in [2.45, 2.75) is 9.79 Å². The number of hydrogen-bond donors (Lipinski definition) is 0. The molecule has 4 rings (SSSR count). The zero-order valence-electron chi connectivity index (χ0n) is 16.8. The number of ether oxygens (including phenoxy) is 3. The molecule has 0 fully saturated rings. The van der Waals surface area contributed by atoms with E-state index in [0.717, 1.165) is 5.69 Å². The molecule has 0 bridgehead atoms. The van der Waals surface area contributed by atoms with Crippen LogP contribution in [0.1, 0.15) is 0 Å². The molecule has 0 amide bonds. The van der Waals surface area contributed by atoms with E-state index < -0.39 is 9.84 Å². The molecule has 0 spiro atoms. The fourth-order valence-corrected chi connectivity index (χ4v) is 4.92. The van der Waals surface area contributed by atoms with E-state index in [1.807, 2.05) is 28.8 Å². The van der Waals surface area contributed by atoms with E-state index in [2.05, 4.69) is 0 Å². The van der Waals surface area contributed by atoms with Crippen molar-refractivity contribution in [1.29, 1.82) is 0 Å². The first-order chi connectivity index (χ1) is 14.5. The standard InChI is InChI=1S/C23H21NO5S/c1-27-17-11-9-16(10-12-17)24-15-22(30(25,26)19-7-5-4-6-8-19)23-20(24)13-18(28-2)14-21(23)29-3/h4-15H,1-3H3. The molecular formula is C23H21NO5S. The van der Waals surface area contributed by atoms with Crippen molar-refractivity contribution < 1.29 is 22.6 Å². The van der Waals surface area contributed by atoms with Crippen molar-refractivity contribution in [2.24, 2.45) is 0 Å². The molecule has 0 radical (unpaired) electrons. The number of rotatable bonds is 6. The highest BCUT2D eigenvalue weighted by atomic mass is 32.2. The van der Waals surface area contributed by atoms with Crippen LogP contribution in [0.3, 0.4) is 0 Å². The van der Waals surface area contributed by atoms with Gasteiger partial charge in [0.05, 0.1) is 37.1 Å². The predicted octanol–water partition coefficient (Wildman–Crippen LogP) is 4.49. The average Bonchev–Trinajstić information content (AvgIpc) is 3.19.